The van der Waals surface area contributed by atoms with Gasteiger partial charge in [-0.05, 0) is 35.4 Å². The summed E-state index contributed by atoms with van der Waals surface area (Å²) in [5.74, 6) is -1.51. The van der Waals surface area contributed by atoms with Gasteiger partial charge in [0.2, 0.25) is 0 Å². The molecule has 0 aliphatic rings. The summed E-state index contributed by atoms with van der Waals surface area (Å²) < 4.78 is 45.1. The Hall–Kier alpha value is -2.70. The molecule has 2 aromatic carbocycles. The molecular formula is C15H11F3O4. The van der Waals surface area contributed by atoms with E-state index in [9.17, 15) is 23.1 Å². The zero-order valence-corrected chi connectivity index (χ0v) is 11.3. The molecule has 0 saturated heterocycles. The quantitative estimate of drug-likeness (QED) is 0.877. The summed E-state index contributed by atoms with van der Waals surface area (Å²) >= 11 is 0. The van der Waals surface area contributed by atoms with E-state index in [4.69, 9.17) is 0 Å². The molecule has 0 unspecified atom stereocenters. The van der Waals surface area contributed by atoms with Crippen molar-refractivity contribution in [3.63, 3.8) is 0 Å². The number of phenolic OH excluding ortho intramolecular Hbond substituents is 1. The summed E-state index contributed by atoms with van der Waals surface area (Å²) in [6, 6.07) is 9.31. The lowest BCUT2D eigenvalue weighted by Crippen LogP contribution is -2.17. The number of carbonyl (C=O) groups excluding carboxylic acids is 1. The van der Waals surface area contributed by atoms with E-state index in [1.807, 2.05) is 0 Å². The SMILES string of the molecule is COC(=O)c1cccc(-c2cc(O)cc(OC(F)(F)F)c2)c1. The molecule has 116 valence electrons. The van der Waals surface area contributed by atoms with E-state index in [-0.39, 0.29) is 16.9 Å². The third-order valence-electron chi connectivity index (χ3n) is 2.74. The Labute approximate surface area is 123 Å². The minimum atomic E-state index is -4.86. The van der Waals surface area contributed by atoms with Crippen molar-refractivity contribution in [3.8, 4) is 22.6 Å². The van der Waals surface area contributed by atoms with Gasteiger partial charge in [0.25, 0.3) is 0 Å². The molecule has 22 heavy (non-hydrogen) atoms. The lowest BCUT2D eigenvalue weighted by molar-refractivity contribution is -0.274. The highest BCUT2D eigenvalue weighted by atomic mass is 19.4. The van der Waals surface area contributed by atoms with Gasteiger partial charge in [-0.15, -0.1) is 13.2 Å². The van der Waals surface area contributed by atoms with Crippen molar-refractivity contribution in [1.29, 1.82) is 0 Å². The van der Waals surface area contributed by atoms with E-state index in [2.05, 4.69) is 9.47 Å². The van der Waals surface area contributed by atoms with Crippen molar-refractivity contribution in [2.75, 3.05) is 7.11 Å². The average molecular weight is 312 g/mol. The van der Waals surface area contributed by atoms with Gasteiger partial charge in [0.1, 0.15) is 11.5 Å². The van der Waals surface area contributed by atoms with Gasteiger partial charge in [-0.3, -0.25) is 0 Å². The largest absolute Gasteiger partial charge is 0.573 e. The molecule has 1 N–H and O–H groups in total. The van der Waals surface area contributed by atoms with Crippen LogP contribution in [0.5, 0.6) is 11.5 Å². The van der Waals surface area contributed by atoms with Crippen LogP contribution >= 0.6 is 0 Å². The van der Waals surface area contributed by atoms with E-state index >= 15 is 0 Å². The predicted molar refractivity (Wildman–Crippen MR) is 71.6 cm³/mol. The Bertz CT molecular complexity index is 695. The molecule has 2 rings (SSSR count). The second-order valence-electron chi connectivity index (χ2n) is 4.34. The van der Waals surface area contributed by atoms with Gasteiger partial charge in [-0.2, -0.15) is 0 Å². The van der Waals surface area contributed by atoms with Crippen LogP contribution in [0.4, 0.5) is 13.2 Å². The molecule has 0 radical (unpaired) electrons. The van der Waals surface area contributed by atoms with Gasteiger partial charge in [0.05, 0.1) is 12.7 Å². The Morgan fingerprint density at radius 1 is 1.09 bits per heavy atom. The number of methoxy groups -OCH3 is 1. The number of hydrogen-bond donors (Lipinski definition) is 1. The van der Waals surface area contributed by atoms with E-state index in [0.717, 1.165) is 12.1 Å². The maximum Gasteiger partial charge on any atom is 0.573 e. The first kappa shape index (κ1) is 15.7. The number of rotatable bonds is 3. The zero-order valence-electron chi connectivity index (χ0n) is 11.3. The molecule has 0 saturated carbocycles. The minimum Gasteiger partial charge on any atom is -0.508 e. The summed E-state index contributed by atoms with van der Waals surface area (Å²) in [7, 11) is 1.22. The topological polar surface area (TPSA) is 55.8 Å². The Balaban J connectivity index is 2.42. The number of halogens is 3. The molecule has 0 aromatic heterocycles. The normalized spacial score (nSPS) is 11.1. The number of ether oxygens (including phenoxy) is 2. The van der Waals surface area contributed by atoms with Crippen molar-refractivity contribution >= 4 is 5.97 Å². The van der Waals surface area contributed by atoms with Gasteiger partial charge in [-0.25, -0.2) is 4.79 Å². The van der Waals surface area contributed by atoms with Crippen molar-refractivity contribution < 1.29 is 32.5 Å². The number of alkyl halides is 3. The Morgan fingerprint density at radius 3 is 2.45 bits per heavy atom. The third-order valence-corrected chi connectivity index (χ3v) is 2.74. The van der Waals surface area contributed by atoms with Gasteiger partial charge in [0.15, 0.2) is 0 Å². The van der Waals surface area contributed by atoms with Gasteiger partial charge in [-0.1, -0.05) is 12.1 Å². The van der Waals surface area contributed by atoms with Crippen LogP contribution in [0.25, 0.3) is 11.1 Å². The van der Waals surface area contributed by atoms with Crippen molar-refractivity contribution in [2.24, 2.45) is 0 Å². The highest BCUT2D eigenvalue weighted by Gasteiger charge is 2.31. The van der Waals surface area contributed by atoms with Crippen LogP contribution in [0.2, 0.25) is 0 Å². The zero-order chi connectivity index (χ0) is 16.3. The lowest BCUT2D eigenvalue weighted by Gasteiger charge is -2.11. The van der Waals surface area contributed by atoms with Gasteiger partial charge in [0, 0.05) is 6.07 Å². The van der Waals surface area contributed by atoms with Crippen molar-refractivity contribution in [2.45, 2.75) is 6.36 Å². The fraction of sp³-hybridized carbons (Fsp3) is 0.133. The smallest absolute Gasteiger partial charge is 0.508 e. The van der Waals surface area contributed by atoms with Crippen LogP contribution in [0.15, 0.2) is 42.5 Å². The predicted octanol–water partition coefficient (Wildman–Crippen LogP) is 3.74. The number of esters is 1. The molecule has 7 heteroatoms. The molecule has 0 heterocycles. The standard InChI is InChI=1S/C15H11F3O4/c1-21-14(20)10-4-2-3-9(5-10)11-6-12(19)8-13(7-11)22-15(16,17)18/h2-8,19H,1H3. The maximum atomic E-state index is 12.3. The molecule has 0 aliphatic heterocycles. The van der Waals surface area contributed by atoms with Crippen LogP contribution in [-0.4, -0.2) is 24.5 Å². The summed E-state index contributed by atoms with van der Waals surface area (Å²) in [5, 5.41) is 9.54. The monoisotopic (exact) mass is 312 g/mol. The molecule has 0 atom stereocenters. The van der Waals surface area contributed by atoms with Gasteiger partial charge < -0.3 is 14.6 Å². The lowest BCUT2D eigenvalue weighted by atomic mass is 10.0. The molecular weight excluding hydrogens is 301 g/mol. The molecule has 0 aliphatic carbocycles. The highest BCUT2D eigenvalue weighted by Crippen LogP contribution is 2.32. The van der Waals surface area contributed by atoms with Crippen molar-refractivity contribution in [3.05, 3.63) is 48.0 Å². The molecule has 4 nitrogen and oxygen atoms in total. The Kier molecular flexibility index (Phi) is 4.25. The number of hydrogen-bond acceptors (Lipinski definition) is 4. The summed E-state index contributed by atoms with van der Waals surface area (Å²) in [5.41, 5.74) is 0.942. The number of phenols is 1. The number of benzene rings is 2. The third kappa shape index (κ3) is 3.91. The molecule has 0 fully saturated rings. The van der Waals surface area contributed by atoms with Crippen LogP contribution in [0.1, 0.15) is 10.4 Å². The second-order valence-corrected chi connectivity index (χ2v) is 4.34. The fourth-order valence-corrected chi connectivity index (χ4v) is 1.89. The van der Waals surface area contributed by atoms with E-state index < -0.39 is 18.1 Å². The van der Waals surface area contributed by atoms with E-state index in [1.54, 1.807) is 12.1 Å². The molecule has 0 amide bonds. The first-order valence-corrected chi connectivity index (χ1v) is 6.07. The second kappa shape index (κ2) is 5.97. The molecule has 0 bridgehead atoms. The van der Waals surface area contributed by atoms with Crippen LogP contribution < -0.4 is 4.74 Å². The van der Waals surface area contributed by atoms with Gasteiger partial charge >= 0.3 is 12.3 Å². The Morgan fingerprint density at radius 2 is 1.82 bits per heavy atom. The van der Waals surface area contributed by atoms with Crippen LogP contribution in [-0.2, 0) is 4.74 Å². The molecule has 0 spiro atoms. The molecule has 2 aromatic rings. The highest BCUT2D eigenvalue weighted by molar-refractivity contribution is 5.91. The average Bonchev–Trinajstić information content (AvgIpc) is 2.44. The van der Waals surface area contributed by atoms with E-state index in [1.165, 1.54) is 25.3 Å². The fourth-order valence-electron chi connectivity index (χ4n) is 1.89. The number of carbonyl (C=O) groups is 1. The minimum absolute atomic E-state index is 0.238. The summed E-state index contributed by atoms with van der Waals surface area (Å²) in [6.07, 6.45) is -4.86. The van der Waals surface area contributed by atoms with Crippen molar-refractivity contribution in [1.82, 2.24) is 0 Å². The summed E-state index contributed by atoms with van der Waals surface area (Å²) in [6.45, 7) is 0. The first-order chi connectivity index (χ1) is 10.3. The summed E-state index contributed by atoms with van der Waals surface area (Å²) in [4.78, 5) is 11.5. The maximum absolute atomic E-state index is 12.3. The van der Waals surface area contributed by atoms with E-state index in [0.29, 0.717) is 5.56 Å². The first-order valence-electron chi connectivity index (χ1n) is 6.07. The van der Waals surface area contributed by atoms with Crippen LogP contribution in [0, 0.1) is 0 Å². The van der Waals surface area contributed by atoms with Crippen LogP contribution in [0.3, 0.4) is 0 Å². The number of aromatic hydroxyl groups is 1.